The highest BCUT2D eigenvalue weighted by Crippen LogP contribution is 2.17. The van der Waals surface area contributed by atoms with Gasteiger partial charge in [0.1, 0.15) is 24.0 Å². The van der Waals surface area contributed by atoms with E-state index in [0.717, 1.165) is 23.6 Å². The number of amides is 1. The van der Waals surface area contributed by atoms with Gasteiger partial charge in [-0.3, -0.25) is 4.79 Å². The van der Waals surface area contributed by atoms with E-state index in [2.05, 4.69) is 29.7 Å². The second-order valence-corrected chi connectivity index (χ2v) is 9.74. The van der Waals surface area contributed by atoms with E-state index in [1.165, 1.54) is 17.7 Å². The summed E-state index contributed by atoms with van der Waals surface area (Å²) in [6.45, 7) is 3.13. The minimum absolute atomic E-state index is 0.0405. The fourth-order valence-corrected chi connectivity index (χ4v) is 4.45. The van der Waals surface area contributed by atoms with Gasteiger partial charge in [0.2, 0.25) is 0 Å². The minimum Gasteiger partial charge on any atom is -0.489 e. The number of aliphatic hydroxyl groups is 1. The number of rotatable bonds is 13. The average Bonchev–Trinajstić information content (AvgIpc) is 2.96. The molecule has 208 valence electrons. The lowest BCUT2D eigenvalue weighted by Gasteiger charge is -2.25. The van der Waals surface area contributed by atoms with Gasteiger partial charge in [0, 0.05) is 24.7 Å². The second kappa shape index (κ2) is 14.4. The molecule has 7 heteroatoms. The molecule has 0 bridgehead atoms. The predicted octanol–water partition coefficient (Wildman–Crippen LogP) is 5.60. The van der Waals surface area contributed by atoms with Gasteiger partial charge in [-0.15, -0.1) is 0 Å². The first kappa shape index (κ1) is 28.9. The normalized spacial score (nSPS) is 12.5. The molecule has 4 aromatic rings. The molecule has 0 spiro atoms. The van der Waals surface area contributed by atoms with Crippen LogP contribution in [-0.2, 0) is 26.0 Å². The largest absolute Gasteiger partial charge is 0.489 e. The topological polar surface area (TPSA) is 70.6 Å². The fraction of sp³-hybridized carbons (Fsp3) is 0.242. The summed E-state index contributed by atoms with van der Waals surface area (Å²) in [4.78, 5) is 13.2. The average molecular weight is 545 g/mol. The number of halogens is 2. The highest BCUT2D eigenvalue weighted by Gasteiger charge is 2.23. The Bertz CT molecular complexity index is 1380. The van der Waals surface area contributed by atoms with Crippen LogP contribution in [0.3, 0.4) is 0 Å². The Kier molecular flexibility index (Phi) is 10.4. The molecule has 0 radical (unpaired) electrons. The number of aryl methyl sites for hydroxylation is 1. The third-order valence-electron chi connectivity index (χ3n) is 6.59. The van der Waals surface area contributed by atoms with Gasteiger partial charge in [-0.2, -0.15) is 0 Å². The molecule has 0 aliphatic carbocycles. The molecule has 0 saturated heterocycles. The highest BCUT2D eigenvalue weighted by molar-refractivity contribution is 5.94. The van der Waals surface area contributed by atoms with Gasteiger partial charge in [0.15, 0.2) is 0 Å². The number of nitrogens with one attached hydrogen (secondary N) is 2. The summed E-state index contributed by atoms with van der Waals surface area (Å²) in [5, 5.41) is 17.1. The number of hydrogen-bond acceptors (Lipinski definition) is 4. The summed E-state index contributed by atoms with van der Waals surface area (Å²) in [5.41, 5.74) is 3.96. The molecule has 5 nitrogen and oxygen atoms in total. The van der Waals surface area contributed by atoms with Crippen LogP contribution >= 0.6 is 0 Å². The Morgan fingerprint density at radius 3 is 2.27 bits per heavy atom. The van der Waals surface area contributed by atoms with Gasteiger partial charge in [-0.25, -0.2) is 8.78 Å². The van der Waals surface area contributed by atoms with Crippen LogP contribution in [0.4, 0.5) is 8.78 Å². The maximum absolute atomic E-state index is 13.9. The monoisotopic (exact) mass is 544 g/mol. The fourth-order valence-electron chi connectivity index (χ4n) is 4.45. The lowest BCUT2D eigenvalue weighted by atomic mass is 10.00. The first-order valence-corrected chi connectivity index (χ1v) is 13.4. The molecule has 1 amide bonds. The summed E-state index contributed by atoms with van der Waals surface area (Å²) >= 11 is 0. The molecule has 0 aromatic heterocycles. The summed E-state index contributed by atoms with van der Waals surface area (Å²) in [7, 11) is 0. The zero-order chi connectivity index (χ0) is 28.3. The van der Waals surface area contributed by atoms with Crippen molar-refractivity contribution in [1.82, 2.24) is 10.6 Å². The zero-order valence-corrected chi connectivity index (χ0v) is 22.4. The molecule has 0 aliphatic heterocycles. The van der Waals surface area contributed by atoms with Crippen LogP contribution in [0, 0.1) is 11.6 Å². The number of aliphatic hydroxyl groups excluding tert-OH is 1. The summed E-state index contributed by atoms with van der Waals surface area (Å²) in [6, 6.07) is 27.0. The van der Waals surface area contributed by atoms with E-state index >= 15 is 0 Å². The van der Waals surface area contributed by atoms with Crippen molar-refractivity contribution in [3.8, 4) is 5.75 Å². The predicted molar refractivity (Wildman–Crippen MR) is 152 cm³/mol. The number of carbonyl (C=O) groups excluding carboxylic acids is 1. The Balaban J connectivity index is 1.44. The van der Waals surface area contributed by atoms with E-state index in [1.54, 1.807) is 24.3 Å². The van der Waals surface area contributed by atoms with Crippen LogP contribution in [-0.4, -0.2) is 29.7 Å². The maximum atomic E-state index is 13.9. The van der Waals surface area contributed by atoms with Gasteiger partial charge < -0.3 is 20.5 Å². The minimum atomic E-state index is -1.03. The number of hydrogen-bond donors (Lipinski definition) is 3. The smallest absolute Gasteiger partial charge is 0.251 e. The summed E-state index contributed by atoms with van der Waals surface area (Å²) in [5.74, 6) is -1.34. The quantitative estimate of drug-likeness (QED) is 0.205. The van der Waals surface area contributed by atoms with Gasteiger partial charge in [-0.05, 0) is 65.4 Å². The maximum Gasteiger partial charge on any atom is 0.251 e. The van der Waals surface area contributed by atoms with Crippen molar-refractivity contribution in [3.63, 3.8) is 0 Å². The molecule has 0 heterocycles. The van der Waals surface area contributed by atoms with Crippen molar-refractivity contribution in [2.45, 2.75) is 45.1 Å². The molecule has 0 fully saturated rings. The van der Waals surface area contributed by atoms with Crippen molar-refractivity contribution in [1.29, 1.82) is 0 Å². The summed E-state index contributed by atoms with van der Waals surface area (Å²) in [6.07, 6.45) is -0.0615. The number of carbonyl (C=O) groups is 1. The van der Waals surface area contributed by atoms with E-state index in [1.807, 2.05) is 42.5 Å². The molecule has 0 aliphatic rings. The van der Waals surface area contributed by atoms with Crippen LogP contribution in [0.15, 0.2) is 97.1 Å². The standard InChI is InChI=1S/C33H34F2N2O3/c1-2-23-10-6-11-25(14-23)20-36-21-32(38)31(17-26-15-28(34)19-29(35)16-26)37-33(39)27-12-7-13-30(18-27)40-22-24-8-4-3-5-9-24/h3-16,18-19,31-32,36,38H,2,17,20-22H2,1H3,(H,37,39)/t31-,32+/m0/s1. The Morgan fingerprint density at radius 1 is 0.825 bits per heavy atom. The molecule has 4 rings (SSSR count). The highest BCUT2D eigenvalue weighted by atomic mass is 19.1. The van der Waals surface area contributed by atoms with Crippen LogP contribution in [0.2, 0.25) is 0 Å². The van der Waals surface area contributed by atoms with E-state index in [9.17, 15) is 18.7 Å². The first-order chi connectivity index (χ1) is 19.4. The molecule has 3 N–H and O–H groups in total. The van der Waals surface area contributed by atoms with E-state index < -0.39 is 29.7 Å². The Labute approximate surface area is 233 Å². The van der Waals surface area contributed by atoms with Crippen molar-refractivity contribution in [3.05, 3.63) is 137 Å². The number of benzene rings is 4. The van der Waals surface area contributed by atoms with Gasteiger partial charge >= 0.3 is 0 Å². The van der Waals surface area contributed by atoms with Gasteiger partial charge in [0.05, 0.1) is 12.1 Å². The first-order valence-electron chi connectivity index (χ1n) is 13.4. The molecular formula is C33H34F2N2O3. The molecular weight excluding hydrogens is 510 g/mol. The molecule has 0 saturated carbocycles. The second-order valence-electron chi connectivity index (χ2n) is 9.74. The Hall–Kier alpha value is -4.07. The molecule has 2 atom stereocenters. The van der Waals surface area contributed by atoms with Crippen molar-refractivity contribution in [2.24, 2.45) is 0 Å². The van der Waals surface area contributed by atoms with E-state index in [0.29, 0.717) is 30.0 Å². The lowest BCUT2D eigenvalue weighted by molar-refractivity contribution is 0.0829. The van der Waals surface area contributed by atoms with Crippen molar-refractivity contribution < 1.29 is 23.4 Å². The van der Waals surface area contributed by atoms with Gasteiger partial charge in [0.25, 0.3) is 5.91 Å². The van der Waals surface area contributed by atoms with Gasteiger partial charge in [-0.1, -0.05) is 67.6 Å². The Morgan fingerprint density at radius 2 is 1.52 bits per heavy atom. The molecule has 4 aromatic carbocycles. The third-order valence-corrected chi connectivity index (χ3v) is 6.59. The molecule has 0 unspecified atom stereocenters. The van der Waals surface area contributed by atoms with Crippen LogP contribution < -0.4 is 15.4 Å². The van der Waals surface area contributed by atoms with Crippen molar-refractivity contribution >= 4 is 5.91 Å². The summed E-state index contributed by atoms with van der Waals surface area (Å²) < 4.78 is 33.6. The number of ether oxygens (including phenoxy) is 1. The van der Waals surface area contributed by atoms with Crippen molar-refractivity contribution in [2.75, 3.05) is 6.54 Å². The van der Waals surface area contributed by atoms with Crippen LogP contribution in [0.1, 0.15) is 39.5 Å². The van der Waals surface area contributed by atoms with E-state index in [4.69, 9.17) is 4.74 Å². The molecule has 40 heavy (non-hydrogen) atoms. The zero-order valence-electron chi connectivity index (χ0n) is 22.4. The van der Waals surface area contributed by atoms with Crippen LogP contribution in [0.5, 0.6) is 5.75 Å². The SMILES string of the molecule is CCc1cccc(CNC[C@@H](O)[C@H](Cc2cc(F)cc(F)c2)NC(=O)c2cccc(OCc3ccccc3)c2)c1. The van der Waals surface area contributed by atoms with Crippen LogP contribution in [0.25, 0.3) is 0 Å². The third kappa shape index (κ3) is 8.73. The lowest BCUT2D eigenvalue weighted by Crippen LogP contribution is -2.48. The van der Waals surface area contributed by atoms with E-state index in [-0.39, 0.29) is 13.0 Å².